The van der Waals surface area contributed by atoms with E-state index in [1.54, 1.807) is 20.8 Å². The highest BCUT2D eigenvalue weighted by Gasteiger charge is 2.39. The van der Waals surface area contributed by atoms with Crippen molar-refractivity contribution in [1.82, 2.24) is 15.5 Å². The number of primary amides is 1. The largest absolute Gasteiger partial charge is 0.444 e. The average molecular weight is 441 g/mol. The van der Waals surface area contributed by atoms with Crippen molar-refractivity contribution in [3.63, 3.8) is 0 Å². The summed E-state index contributed by atoms with van der Waals surface area (Å²) in [4.78, 5) is 51.9. The molecule has 0 aromatic carbocycles. The summed E-state index contributed by atoms with van der Waals surface area (Å²) < 4.78 is 5.30. The summed E-state index contributed by atoms with van der Waals surface area (Å²) in [5.74, 6) is -1.64. The van der Waals surface area contributed by atoms with Crippen LogP contribution < -0.4 is 16.4 Å². The molecule has 1 saturated heterocycles. The molecule has 0 saturated carbocycles. The van der Waals surface area contributed by atoms with E-state index in [4.69, 9.17) is 10.5 Å². The smallest absolute Gasteiger partial charge is 0.408 e. The molecule has 9 heteroatoms. The number of hydrogen-bond acceptors (Lipinski definition) is 5. The van der Waals surface area contributed by atoms with Gasteiger partial charge in [0.15, 0.2) is 0 Å². The molecule has 4 amide bonds. The summed E-state index contributed by atoms with van der Waals surface area (Å²) in [5.41, 5.74) is 4.77. The maximum Gasteiger partial charge on any atom is 0.408 e. The van der Waals surface area contributed by atoms with Crippen LogP contribution in [0.4, 0.5) is 4.79 Å². The first-order valence-electron chi connectivity index (χ1n) is 11.2. The molecule has 5 atom stereocenters. The number of ether oxygens (including phenoxy) is 1. The lowest BCUT2D eigenvalue weighted by Gasteiger charge is -2.33. The molecule has 1 aliphatic rings. The van der Waals surface area contributed by atoms with Gasteiger partial charge < -0.3 is 26.0 Å². The molecule has 1 aliphatic heterocycles. The molecule has 1 rings (SSSR count). The molecule has 0 aromatic rings. The zero-order valence-corrected chi connectivity index (χ0v) is 20.0. The van der Waals surface area contributed by atoms with E-state index >= 15 is 0 Å². The van der Waals surface area contributed by atoms with Crippen molar-refractivity contribution in [2.75, 3.05) is 6.54 Å². The number of amides is 4. The van der Waals surface area contributed by atoms with Crippen molar-refractivity contribution in [3.8, 4) is 0 Å². The molecule has 9 nitrogen and oxygen atoms in total. The summed E-state index contributed by atoms with van der Waals surface area (Å²) in [6.07, 6.45) is 1.83. The minimum Gasteiger partial charge on any atom is -0.444 e. The number of nitrogens with two attached hydrogens (primary N) is 1. The zero-order chi connectivity index (χ0) is 23.9. The lowest BCUT2D eigenvalue weighted by Crippen LogP contribution is -2.59. The van der Waals surface area contributed by atoms with Crippen molar-refractivity contribution in [2.24, 2.45) is 17.6 Å². The van der Waals surface area contributed by atoms with Gasteiger partial charge in [-0.15, -0.1) is 0 Å². The van der Waals surface area contributed by atoms with Gasteiger partial charge in [-0.25, -0.2) is 4.79 Å². The van der Waals surface area contributed by atoms with E-state index in [0.29, 0.717) is 32.2 Å². The Morgan fingerprint density at radius 2 is 1.58 bits per heavy atom. The number of nitrogens with zero attached hydrogens (tertiary/aromatic N) is 1. The number of alkyl carbamates (subject to hydrolysis) is 1. The van der Waals surface area contributed by atoms with Gasteiger partial charge in [0.2, 0.25) is 17.7 Å². The number of rotatable bonds is 9. The van der Waals surface area contributed by atoms with Crippen LogP contribution in [0.3, 0.4) is 0 Å². The fourth-order valence-electron chi connectivity index (χ4n) is 3.57. The Hall–Kier alpha value is -2.32. The zero-order valence-electron chi connectivity index (χ0n) is 20.0. The monoisotopic (exact) mass is 440 g/mol. The van der Waals surface area contributed by atoms with Gasteiger partial charge in [-0.05, 0) is 45.4 Å². The van der Waals surface area contributed by atoms with Crippen LogP contribution in [0.15, 0.2) is 0 Å². The molecule has 0 aromatic heterocycles. The molecule has 4 N–H and O–H groups in total. The molecule has 31 heavy (non-hydrogen) atoms. The quantitative estimate of drug-likeness (QED) is 0.504. The first kappa shape index (κ1) is 26.7. The van der Waals surface area contributed by atoms with E-state index in [-0.39, 0.29) is 17.7 Å². The molecule has 178 valence electrons. The number of hydrogen-bond donors (Lipinski definition) is 3. The van der Waals surface area contributed by atoms with Crippen molar-refractivity contribution >= 4 is 23.8 Å². The summed E-state index contributed by atoms with van der Waals surface area (Å²) in [6, 6.07) is -2.32. The van der Waals surface area contributed by atoms with Gasteiger partial charge in [0.1, 0.15) is 23.7 Å². The van der Waals surface area contributed by atoms with E-state index < -0.39 is 41.6 Å². The van der Waals surface area contributed by atoms with E-state index in [2.05, 4.69) is 10.6 Å². The average Bonchev–Trinajstić information content (AvgIpc) is 3.17. The second-order valence-electron chi connectivity index (χ2n) is 9.47. The fraction of sp³-hybridized carbons (Fsp3) is 0.818. The van der Waals surface area contributed by atoms with Crippen LogP contribution in [0.1, 0.15) is 74.1 Å². The third-order valence-corrected chi connectivity index (χ3v) is 5.81. The number of carbonyl (C=O) groups excluding carboxylic acids is 4. The molecule has 1 heterocycles. The molecule has 1 fully saturated rings. The van der Waals surface area contributed by atoms with Crippen molar-refractivity contribution < 1.29 is 23.9 Å². The molecular formula is C22H40N4O5. The number of nitrogens with one attached hydrogen (secondary N) is 2. The van der Waals surface area contributed by atoms with Gasteiger partial charge in [-0.3, -0.25) is 14.4 Å². The summed E-state index contributed by atoms with van der Waals surface area (Å²) in [5, 5.41) is 5.48. The van der Waals surface area contributed by atoms with Crippen LogP contribution in [0, 0.1) is 11.8 Å². The van der Waals surface area contributed by atoms with Crippen molar-refractivity contribution in [1.29, 1.82) is 0 Å². The minimum absolute atomic E-state index is 0.162. The standard InChI is InChI=1S/C22H40N4O5/c1-8-13(3)16(25-21(30)31-22(5,6)7)19(28)24-17(14(4)9-2)20(29)26-12-10-11-15(26)18(23)27/h13-17H,8-12H2,1-7H3,(H2,23,27)(H,24,28)(H,25,30)/t13-,14+,15+,16-,17-/m0/s1. The number of likely N-dealkylation sites (tertiary alicyclic amines) is 1. The summed E-state index contributed by atoms with van der Waals surface area (Å²) in [6.45, 7) is 13.2. The van der Waals surface area contributed by atoms with Gasteiger partial charge in [0, 0.05) is 6.54 Å². The van der Waals surface area contributed by atoms with E-state index in [1.165, 1.54) is 4.90 Å². The Kier molecular flexibility index (Phi) is 9.77. The van der Waals surface area contributed by atoms with Gasteiger partial charge in [-0.2, -0.15) is 0 Å². The van der Waals surface area contributed by atoms with Crippen LogP contribution in [0.25, 0.3) is 0 Å². The lowest BCUT2D eigenvalue weighted by atomic mass is 9.94. The first-order chi connectivity index (χ1) is 14.3. The van der Waals surface area contributed by atoms with Crippen molar-refractivity contribution in [2.45, 2.75) is 97.9 Å². The Bertz CT molecular complexity index is 661. The highest BCUT2D eigenvalue weighted by molar-refractivity contribution is 5.94. The van der Waals surface area contributed by atoms with Crippen LogP contribution in [0.2, 0.25) is 0 Å². The fourth-order valence-corrected chi connectivity index (χ4v) is 3.57. The van der Waals surface area contributed by atoms with Crippen LogP contribution >= 0.6 is 0 Å². The predicted molar refractivity (Wildman–Crippen MR) is 118 cm³/mol. The Morgan fingerprint density at radius 3 is 2.06 bits per heavy atom. The van der Waals surface area contributed by atoms with E-state index in [0.717, 1.165) is 0 Å². The van der Waals surface area contributed by atoms with Crippen LogP contribution in [-0.2, 0) is 19.1 Å². The van der Waals surface area contributed by atoms with E-state index in [9.17, 15) is 19.2 Å². The second-order valence-corrected chi connectivity index (χ2v) is 9.47. The molecule has 0 aliphatic carbocycles. The van der Waals surface area contributed by atoms with Gasteiger partial charge >= 0.3 is 6.09 Å². The SMILES string of the molecule is CC[C@@H](C)[C@H](NC(=O)[C@@H](NC(=O)OC(C)(C)C)[C@@H](C)CC)C(=O)N1CCC[C@@H]1C(N)=O. The van der Waals surface area contributed by atoms with Crippen LogP contribution in [0.5, 0.6) is 0 Å². The third kappa shape index (κ3) is 7.70. The van der Waals surface area contributed by atoms with Crippen LogP contribution in [-0.4, -0.2) is 59.0 Å². The highest BCUT2D eigenvalue weighted by atomic mass is 16.6. The summed E-state index contributed by atoms with van der Waals surface area (Å²) in [7, 11) is 0. The van der Waals surface area contributed by atoms with Gasteiger partial charge in [-0.1, -0.05) is 40.5 Å². The predicted octanol–water partition coefficient (Wildman–Crippen LogP) is 1.93. The third-order valence-electron chi connectivity index (χ3n) is 5.81. The van der Waals surface area contributed by atoms with Gasteiger partial charge in [0.25, 0.3) is 0 Å². The molecule has 0 bridgehead atoms. The maximum atomic E-state index is 13.3. The topological polar surface area (TPSA) is 131 Å². The maximum absolute atomic E-state index is 13.3. The van der Waals surface area contributed by atoms with Crippen molar-refractivity contribution in [3.05, 3.63) is 0 Å². The first-order valence-corrected chi connectivity index (χ1v) is 11.2. The highest BCUT2D eigenvalue weighted by Crippen LogP contribution is 2.21. The Balaban J connectivity index is 3.04. The molecule has 0 spiro atoms. The summed E-state index contributed by atoms with van der Waals surface area (Å²) >= 11 is 0. The molecule has 0 unspecified atom stereocenters. The number of carbonyl (C=O) groups is 4. The Labute approximate surface area is 185 Å². The van der Waals surface area contributed by atoms with Gasteiger partial charge in [0.05, 0.1) is 0 Å². The minimum atomic E-state index is -0.857. The normalized spacial score (nSPS) is 20.4. The molecule has 0 radical (unpaired) electrons. The second kappa shape index (κ2) is 11.3. The lowest BCUT2D eigenvalue weighted by molar-refractivity contribution is -0.142. The Morgan fingerprint density at radius 1 is 1.03 bits per heavy atom. The molecular weight excluding hydrogens is 400 g/mol. The van der Waals surface area contributed by atoms with E-state index in [1.807, 2.05) is 27.7 Å².